The number of benzene rings is 1. The number of nitrogens with zero attached hydrogens (tertiary/aromatic N) is 2. The second-order valence-corrected chi connectivity index (χ2v) is 6.56. The zero-order valence-corrected chi connectivity index (χ0v) is 14.9. The molecule has 0 aliphatic heterocycles. The van der Waals surface area contributed by atoms with E-state index in [1.54, 1.807) is 33.9 Å². The number of rotatable bonds is 4. The highest BCUT2D eigenvalue weighted by Gasteiger charge is 2.22. The maximum Gasteiger partial charge on any atom is 0.410 e. The third-order valence-electron chi connectivity index (χ3n) is 3.27. The monoisotopic (exact) mass is 351 g/mol. The van der Waals surface area contributed by atoms with Gasteiger partial charge in [-0.15, -0.1) is 0 Å². The number of ether oxygens (including phenoxy) is 2. The summed E-state index contributed by atoms with van der Waals surface area (Å²) in [5, 5.41) is 3.85. The lowest BCUT2D eigenvalue weighted by atomic mass is 10.1. The standard InChI is InChI=1S/C17H22FN3O4/c1-17(2,3)24-16(22)21(4)9-10-8-12(20-25-10)14-13(23-5)7-6-11(19)15(14)18/h6-8H,9,19H2,1-5H3. The van der Waals surface area contributed by atoms with E-state index in [-0.39, 0.29) is 29.2 Å². The van der Waals surface area contributed by atoms with Gasteiger partial charge in [0.2, 0.25) is 0 Å². The van der Waals surface area contributed by atoms with Crippen molar-refractivity contribution >= 4 is 11.8 Å². The summed E-state index contributed by atoms with van der Waals surface area (Å²) in [4.78, 5) is 13.3. The zero-order chi connectivity index (χ0) is 18.8. The quantitative estimate of drug-likeness (QED) is 0.849. The Labute approximate surface area is 145 Å². The summed E-state index contributed by atoms with van der Waals surface area (Å²) in [6.45, 7) is 5.45. The predicted molar refractivity (Wildman–Crippen MR) is 90.6 cm³/mol. The van der Waals surface area contributed by atoms with Crippen molar-refractivity contribution in [2.45, 2.75) is 32.9 Å². The van der Waals surface area contributed by atoms with Crippen LogP contribution < -0.4 is 10.5 Å². The molecule has 136 valence electrons. The molecule has 0 saturated carbocycles. The molecule has 2 N–H and O–H groups in total. The molecular formula is C17H22FN3O4. The number of halogens is 1. The molecule has 1 amide bonds. The fraction of sp³-hybridized carbons (Fsp3) is 0.412. The van der Waals surface area contributed by atoms with Crippen LogP contribution in [0.1, 0.15) is 26.5 Å². The number of hydrogen-bond donors (Lipinski definition) is 1. The molecule has 1 aromatic carbocycles. The maximum absolute atomic E-state index is 14.3. The number of nitrogens with two attached hydrogens (primary N) is 1. The van der Waals surface area contributed by atoms with Crippen LogP contribution >= 0.6 is 0 Å². The Balaban J connectivity index is 2.21. The second-order valence-electron chi connectivity index (χ2n) is 6.56. The number of aromatic nitrogens is 1. The van der Waals surface area contributed by atoms with Crippen LogP contribution in [0.25, 0.3) is 11.3 Å². The van der Waals surface area contributed by atoms with Crippen LogP contribution in [-0.2, 0) is 11.3 Å². The minimum absolute atomic E-state index is 0.0220. The molecule has 8 heteroatoms. The largest absolute Gasteiger partial charge is 0.496 e. The minimum Gasteiger partial charge on any atom is -0.496 e. The third kappa shape index (κ3) is 4.40. The molecular weight excluding hydrogens is 329 g/mol. The van der Waals surface area contributed by atoms with Gasteiger partial charge in [-0.05, 0) is 32.9 Å². The van der Waals surface area contributed by atoms with E-state index in [0.717, 1.165) is 0 Å². The number of anilines is 1. The SMILES string of the molecule is COc1ccc(N)c(F)c1-c1cc(CN(C)C(=O)OC(C)(C)C)on1. The molecule has 25 heavy (non-hydrogen) atoms. The van der Waals surface area contributed by atoms with Gasteiger partial charge in [0.05, 0.1) is 24.9 Å². The molecule has 0 saturated heterocycles. The van der Waals surface area contributed by atoms with Crippen LogP contribution in [0.3, 0.4) is 0 Å². The number of methoxy groups -OCH3 is 1. The fourth-order valence-electron chi connectivity index (χ4n) is 2.13. The summed E-state index contributed by atoms with van der Waals surface area (Å²) in [5.41, 5.74) is 5.33. The first-order valence-electron chi connectivity index (χ1n) is 7.64. The number of carbonyl (C=O) groups is 1. The zero-order valence-electron chi connectivity index (χ0n) is 14.9. The summed E-state index contributed by atoms with van der Waals surface area (Å²) >= 11 is 0. The van der Waals surface area contributed by atoms with Gasteiger partial charge >= 0.3 is 6.09 Å². The van der Waals surface area contributed by atoms with Gasteiger partial charge in [0.1, 0.15) is 17.0 Å². The molecule has 0 unspecified atom stereocenters. The van der Waals surface area contributed by atoms with Gasteiger partial charge in [0.25, 0.3) is 0 Å². The molecule has 0 radical (unpaired) electrons. The number of carbonyl (C=O) groups excluding carboxylic acids is 1. The van der Waals surface area contributed by atoms with Crippen molar-refractivity contribution in [2.75, 3.05) is 19.9 Å². The topological polar surface area (TPSA) is 90.8 Å². The first kappa shape index (κ1) is 18.6. The lowest BCUT2D eigenvalue weighted by Crippen LogP contribution is -2.33. The Morgan fingerprint density at radius 1 is 1.40 bits per heavy atom. The van der Waals surface area contributed by atoms with Crippen LogP contribution in [0.5, 0.6) is 5.75 Å². The van der Waals surface area contributed by atoms with Crippen molar-refractivity contribution in [3.05, 3.63) is 29.8 Å². The second kappa shape index (κ2) is 7.00. The van der Waals surface area contributed by atoms with Crippen LogP contribution in [0.15, 0.2) is 22.7 Å². The van der Waals surface area contributed by atoms with E-state index in [1.807, 2.05) is 0 Å². The summed E-state index contributed by atoms with van der Waals surface area (Å²) in [6, 6.07) is 4.49. The third-order valence-corrected chi connectivity index (χ3v) is 3.27. The van der Waals surface area contributed by atoms with Gasteiger partial charge in [0.15, 0.2) is 11.6 Å². The Bertz CT molecular complexity index is 768. The summed E-state index contributed by atoms with van der Waals surface area (Å²) in [7, 11) is 2.99. The van der Waals surface area contributed by atoms with Crippen LogP contribution in [0, 0.1) is 5.82 Å². The average Bonchev–Trinajstić information content (AvgIpc) is 2.96. The minimum atomic E-state index is -0.639. The van der Waals surface area contributed by atoms with Crippen LogP contribution in [0.4, 0.5) is 14.9 Å². The van der Waals surface area contributed by atoms with E-state index in [1.165, 1.54) is 24.1 Å². The van der Waals surface area contributed by atoms with Gasteiger partial charge in [-0.1, -0.05) is 5.16 Å². The lowest BCUT2D eigenvalue weighted by Gasteiger charge is -2.23. The van der Waals surface area contributed by atoms with Gasteiger partial charge in [-0.25, -0.2) is 9.18 Å². The van der Waals surface area contributed by atoms with Crippen molar-refractivity contribution in [1.29, 1.82) is 0 Å². The highest BCUT2D eigenvalue weighted by molar-refractivity contribution is 5.72. The van der Waals surface area contributed by atoms with E-state index in [4.69, 9.17) is 19.7 Å². The Hall–Kier alpha value is -2.77. The normalized spacial score (nSPS) is 11.3. The summed E-state index contributed by atoms with van der Waals surface area (Å²) < 4.78 is 30.0. The molecule has 0 aliphatic rings. The van der Waals surface area contributed by atoms with Crippen molar-refractivity contribution in [3.63, 3.8) is 0 Å². The molecule has 2 aromatic rings. The number of nitrogen functional groups attached to an aromatic ring is 1. The number of hydrogen-bond acceptors (Lipinski definition) is 6. The van der Waals surface area contributed by atoms with Crippen molar-refractivity contribution in [2.24, 2.45) is 0 Å². The molecule has 0 atom stereocenters. The molecule has 0 bridgehead atoms. The van der Waals surface area contributed by atoms with E-state index in [9.17, 15) is 9.18 Å². The molecule has 1 heterocycles. The van der Waals surface area contributed by atoms with Gasteiger partial charge in [-0.3, -0.25) is 0 Å². The number of amides is 1. The Morgan fingerprint density at radius 2 is 2.08 bits per heavy atom. The molecule has 0 aliphatic carbocycles. The summed E-state index contributed by atoms with van der Waals surface area (Å²) in [5.74, 6) is 0.0129. The van der Waals surface area contributed by atoms with E-state index < -0.39 is 17.5 Å². The van der Waals surface area contributed by atoms with Crippen molar-refractivity contribution in [3.8, 4) is 17.0 Å². The lowest BCUT2D eigenvalue weighted by molar-refractivity contribution is 0.0271. The maximum atomic E-state index is 14.3. The Kier molecular flexibility index (Phi) is 5.20. The van der Waals surface area contributed by atoms with Crippen molar-refractivity contribution < 1.29 is 23.2 Å². The molecule has 2 rings (SSSR count). The van der Waals surface area contributed by atoms with Crippen molar-refractivity contribution in [1.82, 2.24) is 10.1 Å². The van der Waals surface area contributed by atoms with Gasteiger partial charge in [0, 0.05) is 13.1 Å². The van der Waals surface area contributed by atoms with Crippen LogP contribution in [-0.4, -0.2) is 35.9 Å². The summed E-state index contributed by atoms with van der Waals surface area (Å²) in [6.07, 6.45) is -0.502. The molecule has 7 nitrogen and oxygen atoms in total. The predicted octanol–water partition coefficient (Wildman–Crippen LogP) is 3.44. The molecule has 0 fully saturated rings. The van der Waals surface area contributed by atoms with Gasteiger partial charge in [-0.2, -0.15) is 0 Å². The molecule has 0 spiro atoms. The van der Waals surface area contributed by atoms with Crippen LogP contribution in [0.2, 0.25) is 0 Å². The van der Waals surface area contributed by atoms with E-state index in [2.05, 4.69) is 5.16 Å². The Morgan fingerprint density at radius 3 is 2.68 bits per heavy atom. The molecule has 1 aromatic heterocycles. The van der Waals surface area contributed by atoms with E-state index >= 15 is 0 Å². The first-order chi connectivity index (χ1) is 11.6. The highest BCUT2D eigenvalue weighted by Crippen LogP contribution is 2.35. The first-order valence-corrected chi connectivity index (χ1v) is 7.64. The smallest absolute Gasteiger partial charge is 0.410 e. The van der Waals surface area contributed by atoms with E-state index in [0.29, 0.717) is 5.76 Å². The van der Waals surface area contributed by atoms with Gasteiger partial charge < -0.3 is 24.6 Å². The fourth-order valence-corrected chi connectivity index (χ4v) is 2.13. The highest BCUT2D eigenvalue weighted by atomic mass is 19.1. The average molecular weight is 351 g/mol.